The Hall–Kier alpha value is -0.780. The molecule has 0 aromatic rings. The smallest absolute Gasteiger partial charge is 0.404 e. The van der Waals surface area contributed by atoms with E-state index in [2.05, 4.69) is 4.74 Å². The third kappa shape index (κ3) is 3.22. The van der Waals surface area contributed by atoms with Crippen molar-refractivity contribution in [2.24, 2.45) is 11.7 Å². The van der Waals surface area contributed by atoms with E-state index in [0.717, 1.165) is 7.11 Å². The Morgan fingerprint density at radius 3 is 2.23 bits per heavy atom. The molecule has 6 heteroatoms. The molecule has 0 bridgehead atoms. The largest absolute Gasteiger partial charge is 0.469 e. The molecule has 0 aliphatic heterocycles. The standard InChI is InChI=1S/C7H12F3NO2/c1-3-4(6(12)13-2)5(11)7(8,9)10/h4-5H,3,11H2,1-2H3/t4-,5-/m0/s1. The Balaban J connectivity index is 4.50. The fourth-order valence-electron chi connectivity index (χ4n) is 0.947. The van der Waals surface area contributed by atoms with Crippen molar-refractivity contribution in [3.05, 3.63) is 0 Å². The third-order valence-electron chi connectivity index (χ3n) is 1.76. The van der Waals surface area contributed by atoms with Crippen molar-refractivity contribution in [1.82, 2.24) is 0 Å². The van der Waals surface area contributed by atoms with Gasteiger partial charge in [-0.25, -0.2) is 0 Å². The van der Waals surface area contributed by atoms with Crippen LogP contribution < -0.4 is 5.73 Å². The van der Waals surface area contributed by atoms with Gasteiger partial charge in [-0.3, -0.25) is 4.79 Å². The van der Waals surface area contributed by atoms with E-state index in [9.17, 15) is 18.0 Å². The van der Waals surface area contributed by atoms with Crippen LogP contribution in [-0.4, -0.2) is 25.3 Å². The second kappa shape index (κ2) is 4.45. The van der Waals surface area contributed by atoms with Gasteiger partial charge < -0.3 is 10.5 Å². The van der Waals surface area contributed by atoms with Gasteiger partial charge in [0.1, 0.15) is 6.04 Å². The molecule has 0 rings (SSSR count). The van der Waals surface area contributed by atoms with Gasteiger partial charge >= 0.3 is 12.1 Å². The molecule has 2 atom stereocenters. The van der Waals surface area contributed by atoms with Crippen molar-refractivity contribution in [3.8, 4) is 0 Å². The van der Waals surface area contributed by atoms with Gasteiger partial charge in [0, 0.05) is 0 Å². The van der Waals surface area contributed by atoms with Gasteiger partial charge in [-0.1, -0.05) is 6.92 Å². The summed E-state index contributed by atoms with van der Waals surface area (Å²) in [6.07, 6.45) is -4.55. The molecule has 0 heterocycles. The van der Waals surface area contributed by atoms with Crippen LogP contribution in [0, 0.1) is 5.92 Å². The van der Waals surface area contributed by atoms with Crippen LogP contribution in [0.25, 0.3) is 0 Å². The molecule has 0 aliphatic rings. The molecule has 0 saturated carbocycles. The van der Waals surface area contributed by atoms with Crippen LogP contribution in [0.15, 0.2) is 0 Å². The lowest BCUT2D eigenvalue weighted by atomic mass is 9.97. The second-order valence-corrected chi connectivity index (χ2v) is 2.61. The maximum absolute atomic E-state index is 12.1. The number of ether oxygens (including phenoxy) is 1. The van der Waals surface area contributed by atoms with E-state index in [4.69, 9.17) is 5.73 Å². The van der Waals surface area contributed by atoms with Crippen LogP contribution in [-0.2, 0) is 9.53 Å². The number of halogens is 3. The van der Waals surface area contributed by atoms with E-state index in [-0.39, 0.29) is 6.42 Å². The lowest BCUT2D eigenvalue weighted by molar-refractivity contribution is -0.174. The summed E-state index contributed by atoms with van der Waals surface area (Å²) >= 11 is 0. The molecule has 0 aromatic heterocycles. The highest BCUT2D eigenvalue weighted by atomic mass is 19.4. The summed E-state index contributed by atoms with van der Waals surface area (Å²) in [4.78, 5) is 10.8. The van der Waals surface area contributed by atoms with Gasteiger partial charge in [-0.2, -0.15) is 13.2 Å². The lowest BCUT2D eigenvalue weighted by Gasteiger charge is -2.22. The third-order valence-corrected chi connectivity index (χ3v) is 1.76. The molecular formula is C7H12F3NO2. The summed E-state index contributed by atoms with van der Waals surface area (Å²) in [6, 6.07) is -2.15. The molecule has 0 saturated heterocycles. The van der Waals surface area contributed by atoms with E-state index in [1.54, 1.807) is 0 Å². The van der Waals surface area contributed by atoms with Crippen LogP contribution in [0.1, 0.15) is 13.3 Å². The van der Waals surface area contributed by atoms with E-state index in [1.807, 2.05) is 0 Å². The Bertz CT molecular complexity index is 181. The molecule has 0 unspecified atom stereocenters. The zero-order chi connectivity index (χ0) is 10.6. The number of esters is 1. The maximum atomic E-state index is 12.1. The summed E-state index contributed by atoms with van der Waals surface area (Å²) in [5.41, 5.74) is 4.86. The van der Waals surface area contributed by atoms with Crippen LogP contribution in [0.5, 0.6) is 0 Å². The number of carbonyl (C=O) groups excluding carboxylic acids is 1. The average molecular weight is 199 g/mol. The molecule has 0 fully saturated rings. The molecule has 0 radical (unpaired) electrons. The highest BCUT2D eigenvalue weighted by Gasteiger charge is 2.44. The van der Waals surface area contributed by atoms with Gasteiger partial charge in [-0.15, -0.1) is 0 Å². The van der Waals surface area contributed by atoms with Crippen LogP contribution in [0.2, 0.25) is 0 Å². The van der Waals surface area contributed by atoms with Crippen molar-refractivity contribution >= 4 is 5.97 Å². The molecule has 13 heavy (non-hydrogen) atoms. The van der Waals surface area contributed by atoms with Gasteiger partial charge in [0.25, 0.3) is 0 Å². The summed E-state index contributed by atoms with van der Waals surface area (Å²) in [5.74, 6) is -2.24. The first-order chi connectivity index (χ1) is 5.84. The minimum absolute atomic E-state index is 0.00729. The number of hydrogen-bond donors (Lipinski definition) is 1. The Labute approximate surface area is 74.0 Å². The van der Waals surface area contributed by atoms with E-state index in [0.29, 0.717) is 0 Å². The molecule has 78 valence electrons. The first-order valence-corrected chi connectivity index (χ1v) is 3.74. The highest BCUT2D eigenvalue weighted by molar-refractivity contribution is 5.73. The monoisotopic (exact) mass is 199 g/mol. The van der Waals surface area contributed by atoms with Crippen molar-refractivity contribution in [2.75, 3.05) is 7.11 Å². The quantitative estimate of drug-likeness (QED) is 0.692. The van der Waals surface area contributed by atoms with Crippen LogP contribution in [0.3, 0.4) is 0 Å². The topological polar surface area (TPSA) is 52.3 Å². The normalized spacial score (nSPS) is 16.5. The molecule has 0 amide bonds. The fourth-order valence-corrected chi connectivity index (χ4v) is 0.947. The second-order valence-electron chi connectivity index (χ2n) is 2.61. The highest BCUT2D eigenvalue weighted by Crippen LogP contribution is 2.26. The molecule has 3 nitrogen and oxygen atoms in total. The summed E-state index contributed by atoms with van der Waals surface area (Å²) in [6.45, 7) is 1.45. The maximum Gasteiger partial charge on any atom is 0.404 e. The number of nitrogens with two attached hydrogens (primary N) is 1. The Morgan fingerprint density at radius 1 is 1.54 bits per heavy atom. The minimum atomic E-state index is -4.56. The van der Waals surface area contributed by atoms with Crippen LogP contribution >= 0.6 is 0 Å². The fraction of sp³-hybridized carbons (Fsp3) is 0.857. The van der Waals surface area contributed by atoms with Crippen molar-refractivity contribution < 1.29 is 22.7 Å². The minimum Gasteiger partial charge on any atom is -0.469 e. The first-order valence-electron chi connectivity index (χ1n) is 3.74. The van der Waals surface area contributed by atoms with Crippen LogP contribution in [0.4, 0.5) is 13.2 Å². The Kier molecular flexibility index (Phi) is 4.19. The number of alkyl halides is 3. The van der Waals surface area contributed by atoms with E-state index < -0.39 is 24.1 Å². The van der Waals surface area contributed by atoms with Gasteiger partial charge in [-0.05, 0) is 6.42 Å². The van der Waals surface area contributed by atoms with E-state index >= 15 is 0 Å². The zero-order valence-corrected chi connectivity index (χ0v) is 7.39. The SMILES string of the molecule is CC[C@H](C(=O)OC)[C@H](N)C(F)(F)F. The molecule has 0 spiro atoms. The molecule has 0 aromatic carbocycles. The molecular weight excluding hydrogens is 187 g/mol. The summed E-state index contributed by atoms with van der Waals surface area (Å²) in [7, 11) is 1.04. The number of carbonyl (C=O) groups is 1. The van der Waals surface area contributed by atoms with Crippen molar-refractivity contribution in [1.29, 1.82) is 0 Å². The summed E-state index contributed by atoms with van der Waals surface area (Å²) in [5, 5.41) is 0. The lowest BCUT2D eigenvalue weighted by Crippen LogP contribution is -2.46. The predicted octanol–water partition coefficient (Wildman–Crippen LogP) is 1.08. The van der Waals surface area contributed by atoms with Gasteiger partial charge in [0.2, 0.25) is 0 Å². The first kappa shape index (κ1) is 12.2. The van der Waals surface area contributed by atoms with Gasteiger partial charge in [0.15, 0.2) is 0 Å². The van der Waals surface area contributed by atoms with Crippen molar-refractivity contribution in [2.45, 2.75) is 25.6 Å². The van der Waals surface area contributed by atoms with Crippen molar-refractivity contribution in [3.63, 3.8) is 0 Å². The molecule has 0 aliphatic carbocycles. The average Bonchev–Trinajstić information content (AvgIpc) is 2.03. The Morgan fingerprint density at radius 2 is 2.00 bits per heavy atom. The molecule has 2 N–H and O–H groups in total. The number of rotatable bonds is 3. The van der Waals surface area contributed by atoms with Gasteiger partial charge in [0.05, 0.1) is 13.0 Å². The number of methoxy groups -OCH3 is 1. The summed E-state index contributed by atoms with van der Waals surface area (Å²) < 4.78 is 40.4. The zero-order valence-electron chi connectivity index (χ0n) is 7.39. The van der Waals surface area contributed by atoms with E-state index in [1.165, 1.54) is 6.92 Å². The number of hydrogen-bond acceptors (Lipinski definition) is 3. The predicted molar refractivity (Wildman–Crippen MR) is 39.8 cm³/mol.